The highest BCUT2D eigenvalue weighted by molar-refractivity contribution is 5.86. The smallest absolute Gasteiger partial charge is 0.226 e. The van der Waals surface area contributed by atoms with Crippen molar-refractivity contribution in [2.75, 3.05) is 18.1 Å². The van der Waals surface area contributed by atoms with Crippen molar-refractivity contribution >= 4 is 23.1 Å². The fraction of sp³-hybridized carbons (Fsp3) is 0.357. The topological polar surface area (TPSA) is 55.3 Å². The number of benzene rings is 1. The normalized spacial score (nSPS) is 25.2. The van der Waals surface area contributed by atoms with Crippen molar-refractivity contribution in [3.05, 3.63) is 30.0 Å². The molecule has 3 heterocycles. The van der Waals surface area contributed by atoms with Gasteiger partial charge in [-0.3, -0.25) is 4.79 Å². The fourth-order valence-electron chi connectivity index (χ4n) is 2.90. The van der Waals surface area contributed by atoms with Crippen LogP contribution in [0.25, 0.3) is 10.9 Å². The minimum atomic E-state index is 0.422. The van der Waals surface area contributed by atoms with Crippen molar-refractivity contribution in [2.24, 2.45) is 0 Å². The van der Waals surface area contributed by atoms with E-state index < -0.39 is 0 Å². The average Bonchev–Trinajstić information content (AvgIpc) is 2.47. The lowest BCUT2D eigenvalue weighted by molar-refractivity contribution is 0.00911. The molecule has 0 radical (unpaired) electrons. The number of nitrogens with zero attached hydrogens (tertiary/aromatic N) is 3. The number of ether oxygens (including phenoxy) is 1. The van der Waals surface area contributed by atoms with Crippen LogP contribution in [0.4, 0.5) is 5.95 Å². The lowest BCUT2D eigenvalue weighted by Crippen LogP contribution is -2.64. The van der Waals surface area contributed by atoms with Gasteiger partial charge in [-0.15, -0.1) is 0 Å². The van der Waals surface area contributed by atoms with Crippen LogP contribution in [0.5, 0.6) is 0 Å². The molecule has 0 aliphatic carbocycles. The van der Waals surface area contributed by atoms with Gasteiger partial charge in [0.2, 0.25) is 5.95 Å². The second-order valence-electron chi connectivity index (χ2n) is 5.09. The van der Waals surface area contributed by atoms with Gasteiger partial charge in [0, 0.05) is 17.1 Å². The lowest BCUT2D eigenvalue weighted by atomic mass is 9.92. The van der Waals surface area contributed by atoms with Crippen molar-refractivity contribution < 1.29 is 9.53 Å². The molecule has 2 aliphatic heterocycles. The number of hydrogen-bond donors (Lipinski definition) is 0. The summed E-state index contributed by atoms with van der Waals surface area (Å²) in [5.74, 6) is 0.774. The maximum atomic E-state index is 10.8. The number of aromatic nitrogens is 2. The van der Waals surface area contributed by atoms with Gasteiger partial charge in [-0.2, -0.15) is 0 Å². The first-order valence-corrected chi connectivity index (χ1v) is 6.43. The van der Waals surface area contributed by atoms with Gasteiger partial charge in [0.1, 0.15) is 6.29 Å². The molecule has 2 saturated heterocycles. The van der Waals surface area contributed by atoms with E-state index in [1.165, 1.54) is 6.42 Å². The summed E-state index contributed by atoms with van der Waals surface area (Å²) in [5, 5.41) is 0.898. The summed E-state index contributed by atoms with van der Waals surface area (Å²) < 4.78 is 5.46. The largest absolute Gasteiger partial charge is 0.377 e. The monoisotopic (exact) mass is 255 g/mol. The van der Waals surface area contributed by atoms with Crippen LogP contribution >= 0.6 is 0 Å². The highest BCUT2D eigenvalue weighted by atomic mass is 16.5. The number of hydrogen-bond acceptors (Lipinski definition) is 5. The zero-order valence-corrected chi connectivity index (χ0v) is 10.3. The van der Waals surface area contributed by atoms with Crippen LogP contribution in [0, 0.1) is 0 Å². The molecule has 2 aromatic rings. The first-order valence-electron chi connectivity index (χ1n) is 6.43. The lowest BCUT2D eigenvalue weighted by Gasteiger charge is -2.52. The Kier molecular flexibility index (Phi) is 2.29. The molecule has 5 nitrogen and oxygen atoms in total. The molecule has 4 rings (SSSR count). The van der Waals surface area contributed by atoms with E-state index in [1.807, 2.05) is 12.1 Å². The van der Waals surface area contributed by atoms with Gasteiger partial charge in [0.25, 0.3) is 0 Å². The van der Waals surface area contributed by atoms with Crippen molar-refractivity contribution in [2.45, 2.75) is 18.5 Å². The van der Waals surface area contributed by atoms with E-state index in [-0.39, 0.29) is 0 Å². The second kappa shape index (κ2) is 3.99. The Bertz CT molecular complexity index is 644. The molecule has 1 aromatic carbocycles. The van der Waals surface area contributed by atoms with Crippen LogP contribution in [0.1, 0.15) is 16.8 Å². The number of carbonyl (C=O) groups is 1. The number of aldehydes is 1. The number of fused-ring (bicyclic) bond motifs is 3. The maximum absolute atomic E-state index is 10.8. The Morgan fingerprint density at radius 1 is 1.32 bits per heavy atom. The summed E-state index contributed by atoms with van der Waals surface area (Å²) in [5.41, 5.74) is 1.53. The molecule has 5 heteroatoms. The average molecular weight is 255 g/mol. The molecule has 0 unspecified atom stereocenters. The van der Waals surface area contributed by atoms with Gasteiger partial charge in [-0.25, -0.2) is 9.97 Å². The number of morpholine rings is 1. The summed E-state index contributed by atoms with van der Waals surface area (Å²) >= 11 is 0. The minimum Gasteiger partial charge on any atom is -0.377 e. The van der Waals surface area contributed by atoms with Crippen molar-refractivity contribution in [3.63, 3.8) is 0 Å². The third-order valence-electron chi connectivity index (χ3n) is 3.91. The summed E-state index contributed by atoms with van der Waals surface area (Å²) in [6.07, 6.45) is 3.80. The fourth-order valence-corrected chi connectivity index (χ4v) is 2.90. The number of anilines is 1. The van der Waals surface area contributed by atoms with Gasteiger partial charge in [0.05, 0.1) is 30.8 Å². The predicted octanol–water partition coefficient (Wildman–Crippen LogP) is 1.42. The molecule has 2 aliphatic rings. The van der Waals surface area contributed by atoms with Crippen LogP contribution in [-0.4, -0.2) is 41.6 Å². The molecule has 2 atom stereocenters. The molecule has 0 spiro atoms. The van der Waals surface area contributed by atoms with Crippen LogP contribution in [0.3, 0.4) is 0 Å². The molecule has 0 N–H and O–H groups in total. The molecule has 1 aromatic heterocycles. The molecule has 19 heavy (non-hydrogen) atoms. The summed E-state index contributed by atoms with van der Waals surface area (Å²) in [6, 6.07) is 6.31. The summed E-state index contributed by atoms with van der Waals surface area (Å²) in [7, 11) is 0. The Hall–Kier alpha value is -2.01. The van der Waals surface area contributed by atoms with Crippen LogP contribution in [0.15, 0.2) is 24.4 Å². The minimum absolute atomic E-state index is 0.422. The Morgan fingerprint density at radius 2 is 2.16 bits per heavy atom. The van der Waals surface area contributed by atoms with E-state index >= 15 is 0 Å². The van der Waals surface area contributed by atoms with E-state index in [9.17, 15) is 4.79 Å². The Balaban J connectivity index is 1.74. The predicted molar refractivity (Wildman–Crippen MR) is 70.4 cm³/mol. The highest BCUT2D eigenvalue weighted by Crippen LogP contribution is 2.34. The Morgan fingerprint density at radius 3 is 2.89 bits per heavy atom. The summed E-state index contributed by atoms with van der Waals surface area (Å²) in [4.78, 5) is 22.0. The van der Waals surface area contributed by atoms with Crippen LogP contribution < -0.4 is 4.90 Å². The van der Waals surface area contributed by atoms with E-state index in [4.69, 9.17) is 4.74 Å². The SMILES string of the molecule is O=Cc1ccc2nc(N3[C@@H]4COC[C@H]3C4)ncc2c1. The van der Waals surface area contributed by atoms with Gasteiger partial charge in [0.15, 0.2) is 0 Å². The van der Waals surface area contributed by atoms with Gasteiger partial charge in [-0.1, -0.05) is 0 Å². The zero-order valence-electron chi connectivity index (χ0n) is 10.3. The second-order valence-corrected chi connectivity index (χ2v) is 5.09. The van der Waals surface area contributed by atoms with Crippen molar-refractivity contribution in [1.82, 2.24) is 9.97 Å². The quantitative estimate of drug-likeness (QED) is 0.760. The van der Waals surface area contributed by atoms with E-state index in [0.29, 0.717) is 17.6 Å². The highest BCUT2D eigenvalue weighted by Gasteiger charge is 2.43. The molecule has 0 saturated carbocycles. The number of rotatable bonds is 2. The summed E-state index contributed by atoms with van der Waals surface area (Å²) in [6.45, 7) is 1.53. The van der Waals surface area contributed by atoms with Crippen LogP contribution in [0.2, 0.25) is 0 Å². The third kappa shape index (κ3) is 1.62. The van der Waals surface area contributed by atoms with Gasteiger partial charge < -0.3 is 9.64 Å². The zero-order chi connectivity index (χ0) is 12.8. The van der Waals surface area contributed by atoms with Gasteiger partial charge >= 0.3 is 0 Å². The van der Waals surface area contributed by atoms with Crippen molar-refractivity contribution in [3.8, 4) is 0 Å². The van der Waals surface area contributed by atoms with Crippen molar-refractivity contribution in [1.29, 1.82) is 0 Å². The third-order valence-corrected chi connectivity index (χ3v) is 3.91. The van der Waals surface area contributed by atoms with E-state index in [2.05, 4.69) is 14.9 Å². The molecule has 96 valence electrons. The molecule has 2 fully saturated rings. The maximum Gasteiger partial charge on any atom is 0.226 e. The first kappa shape index (κ1) is 10.9. The van der Waals surface area contributed by atoms with Crippen LogP contribution in [-0.2, 0) is 4.74 Å². The number of carbonyl (C=O) groups excluding carboxylic acids is 1. The molecule has 0 amide bonds. The first-order chi connectivity index (χ1) is 9.35. The molecular weight excluding hydrogens is 242 g/mol. The van der Waals surface area contributed by atoms with Gasteiger partial charge in [-0.05, 0) is 24.6 Å². The standard InChI is InChI=1S/C14H13N3O2/c18-6-9-1-2-13-10(3-9)5-15-14(16-13)17-11-4-12(17)8-19-7-11/h1-3,5-6,11-12H,4,7-8H2/t11-,12+. The van der Waals surface area contributed by atoms with E-state index in [0.717, 1.165) is 36.4 Å². The van der Waals surface area contributed by atoms with E-state index in [1.54, 1.807) is 12.3 Å². The molecule has 2 bridgehead atoms. The molecular formula is C14H13N3O2. The Labute approximate surface area is 110 Å².